The molecule has 3 aromatic heterocycles. The number of nitrogens with one attached hydrogen (secondary N) is 1. The number of nitrogens with zero attached hydrogens (tertiary/aromatic N) is 8. The summed E-state index contributed by atoms with van der Waals surface area (Å²) in [6.07, 6.45) is -2.26. The largest absolute Gasteiger partial charge is 0.504 e. The van der Waals surface area contributed by atoms with Crippen LogP contribution in [0.3, 0.4) is 0 Å². The van der Waals surface area contributed by atoms with Crippen LogP contribution in [-0.2, 0) is 33.4 Å². The first kappa shape index (κ1) is 38.4. The van der Waals surface area contributed by atoms with Crippen LogP contribution in [-0.4, -0.2) is 83.0 Å². The second-order valence-corrected chi connectivity index (χ2v) is 15.3. The Balaban J connectivity index is 1.19. The van der Waals surface area contributed by atoms with Crippen LogP contribution in [0.1, 0.15) is 77.3 Å². The number of fused-ring (bicyclic) bond motifs is 3. The van der Waals surface area contributed by atoms with E-state index in [4.69, 9.17) is 16.3 Å². The van der Waals surface area contributed by atoms with E-state index in [0.717, 1.165) is 35.1 Å². The molecule has 0 radical (unpaired) electrons. The van der Waals surface area contributed by atoms with Crippen LogP contribution in [0.4, 0.5) is 23.2 Å². The minimum atomic E-state index is -4.66. The van der Waals surface area contributed by atoms with Gasteiger partial charge in [0.15, 0.2) is 17.3 Å². The van der Waals surface area contributed by atoms with Crippen molar-refractivity contribution >= 4 is 34.9 Å². The molecule has 1 saturated heterocycles. The van der Waals surface area contributed by atoms with Crippen molar-refractivity contribution < 1.29 is 37.0 Å². The molecule has 8 rings (SSSR count). The lowest BCUT2D eigenvalue weighted by Crippen LogP contribution is -2.47. The number of anilines is 1. The van der Waals surface area contributed by atoms with Gasteiger partial charge in [-0.3, -0.25) is 19.3 Å². The highest BCUT2D eigenvalue weighted by Crippen LogP contribution is 2.51. The third kappa shape index (κ3) is 6.39. The van der Waals surface area contributed by atoms with Crippen LogP contribution in [0.25, 0.3) is 17.2 Å². The molecule has 1 aliphatic carbocycles. The molecule has 2 fully saturated rings. The van der Waals surface area contributed by atoms with Crippen molar-refractivity contribution in [1.82, 2.24) is 38.9 Å². The van der Waals surface area contributed by atoms with Gasteiger partial charge in [-0.05, 0) is 89.5 Å². The van der Waals surface area contributed by atoms with E-state index in [2.05, 4.69) is 25.4 Å². The monoisotopic (exact) mass is 809 g/mol. The number of hydrogen-bond acceptors (Lipinski definition) is 10. The second kappa shape index (κ2) is 13.6. The van der Waals surface area contributed by atoms with Crippen molar-refractivity contribution in [3.63, 3.8) is 0 Å². The highest BCUT2D eigenvalue weighted by atomic mass is 35.5. The van der Waals surface area contributed by atoms with E-state index in [1.807, 2.05) is 19.0 Å². The van der Waals surface area contributed by atoms with Crippen molar-refractivity contribution in [3.8, 4) is 17.1 Å². The SMILES string of the molecule is Cc1ncnc(C(=O)N2CCC3(CC2)OC(C)c2c3c(=O)n3nc(-c4ccc(C5(N(C)C)CC5)cc4F)nc3n2CC(=O)Nc2ccc(C(F)(F)F)cc2Cl)c1O. The number of alkyl halides is 3. The number of carbonyl (C=O) groups is 2. The van der Waals surface area contributed by atoms with Gasteiger partial charge in [-0.2, -0.15) is 22.7 Å². The topological polar surface area (TPSA) is 160 Å². The van der Waals surface area contributed by atoms with E-state index in [9.17, 15) is 32.7 Å². The first-order valence-corrected chi connectivity index (χ1v) is 18.5. The van der Waals surface area contributed by atoms with Gasteiger partial charge in [0.1, 0.15) is 24.3 Å². The summed E-state index contributed by atoms with van der Waals surface area (Å²) in [7, 11) is 3.86. The number of carbonyl (C=O) groups excluding carboxylic acids is 2. The standard InChI is InChI=1S/C38H36ClF4N9O5/c1-19-31(54)29(45-18-44-19)34(56)50-13-11-37(12-14-50)28-30(20(2)57-37)51(17-27(53)46-26-8-6-22(15-24(26)39)38(41,42)43)35-47-32(48-52(35)33(28)55)23-7-5-21(16-25(23)40)36(9-10-36)49(3)4/h5-8,15-16,18,20,54H,9-14,17H2,1-4H3,(H,46,53). The lowest BCUT2D eigenvalue weighted by Gasteiger charge is -2.39. The lowest BCUT2D eigenvalue weighted by atomic mass is 9.85. The quantitative estimate of drug-likeness (QED) is 0.199. The highest BCUT2D eigenvalue weighted by Gasteiger charge is 2.51. The Kier molecular flexibility index (Phi) is 9.16. The summed E-state index contributed by atoms with van der Waals surface area (Å²) in [4.78, 5) is 57.7. The predicted molar refractivity (Wildman–Crippen MR) is 197 cm³/mol. The summed E-state index contributed by atoms with van der Waals surface area (Å²) in [6.45, 7) is 2.92. The van der Waals surface area contributed by atoms with Crippen molar-refractivity contribution in [1.29, 1.82) is 0 Å². The fourth-order valence-corrected chi connectivity index (χ4v) is 8.31. The molecule has 1 unspecified atom stereocenters. The number of piperidine rings is 1. The van der Waals surface area contributed by atoms with Gasteiger partial charge in [-0.25, -0.2) is 14.4 Å². The molecule has 0 bridgehead atoms. The predicted octanol–water partition coefficient (Wildman–Crippen LogP) is 5.59. The molecule has 3 aliphatic rings. The van der Waals surface area contributed by atoms with E-state index < -0.39 is 53.2 Å². The fraction of sp³-hybridized carbons (Fsp3) is 0.395. The molecular weight excluding hydrogens is 774 g/mol. The first-order chi connectivity index (χ1) is 26.9. The number of rotatable bonds is 7. The number of likely N-dealkylation sites (tertiary alicyclic amines) is 1. The fourth-order valence-electron chi connectivity index (χ4n) is 8.08. The van der Waals surface area contributed by atoms with E-state index in [0.29, 0.717) is 11.8 Å². The molecule has 298 valence electrons. The zero-order valence-corrected chi connectivity index (χ0v) is 31.9. The number of aromatic hydroxyl groups is 1. The first-order valence-electron chi connectivity index (χ1n) is 18.1. The van der Waals surface area contributed by atoms with E-state index in [1.165, 1.54) is 21.9 Å². The van der Waals surface area contributed by atoms with Gasteiger partial charge in [-0.15, -0.1) is 5.10 Å². The van der Waals surface area contributed by atoms with Gasteiger partial charge in [0.2, 0.25) is 11.7 Å². The molecule has 57 heavy (non-hydrogen) atoms. The molecule has 5 heterocycles. The molecule has 1 spiro atoms. The Labute approximate surface area is 327 Å². The van der Waals surface area contributed by atoms with Gasteiger partial charge >= 0.3 is 6.18 Å². The second-order valence-electron chi connectivity index (χ2n) is 14.9. The summed E-state index contributed by atoms with van der Waals surface area (Å²) in [6, 6.07) is 7.31. The van der Waals surface area contributed by atoms with Gasteiger partial charge in [0, 0.05) is 18.6 Å². The van der Waals surface area contributed by atoms with Crippen LogP contribution in [0.2, 0.25) is 5.02 Å². The summed E-state index contributed by atoms with van der Waals surface area (Å²) in [5.74, 6) is -2.41. The maximum Gasteiger partial charge on any atom is 0.416 e. The molecule has 1 saturated carbocycles. The Hall–Kier alpha value is -5.46. The minimum absolute atomic E-state index is 0.0261. The van der Waals surface area contributed by atoms with Gasteiger partial charge in [0.25, 0.3) is 11.5 Å². The molecule has 1 atom stereocenters. The minimum Gasteiger partial charge on any atom is -0.504 e. The van der Waals surface area contributed by atoms with Crippen LogP contribution >= 0.6 is 11.6 Å². The molecule has 2 N–H and O–H groups in total. The van der Waals surface area contributed by atoms with Crippen molar-refractivity contribution in [2.75, 3.05) is 32.5 Å². The molecule has 5 aromatic rings. The van der Waals surface area contributed by atoms with Crippen LogP contribution < -0.4 is 10.9 Å². The Morgan fingerprint density at radius 2 is 1.81 bits per heavy atom. The molecule has 2 aliphatic heterocycles. The van der Waals surface area contributed by atoms with Crippen molar-refractivity contribution in [2.45, 2.75) is 69.5 Å². The summed E-state index contributed by atoms with van der Waals surface area (Å²) < 4.78 is 64.8. The van der Waals surface area contributed by atoms with Gasteiger partial charge in [-0.1, -0.05) is 17.7 Å². The Bertz CT molecular complexity index is 2540. The molecular formula is C38H36ClF4N9O5. The van der Waals surface area contributed by atoms with E-state index in [-0.39, 0.29) is 82.0 Å². The number of amides is 2. The average Bonchev–Trinajstić information content (AvgIpc) is 3.78. The van der Waals surface area contributed by atoms with E-state index >= 15 is 4.39 Å². The number of hydrogen-bond donors (Lipinski definition) is 2. The highest BCUT2D eigenvalue weighted by molar-refractivity contribution is 6.33. The van der Waals surface area contributed by atoms with Gasteiger partial charge < -0.3 is 24.6 Å². The maximum atomic E-state index is 15.9. The smallest absolute Gasteiger partial charge is 0.416 e. The third-order valence-corrected chi connectivity index (χ3v) is 11.6. The van der Waals surface area contributed by atoms with E-state index in [1.54, 1.807) is 26.0 Å². The number of halogens is 5. The molecule has 14 nitrogen and oxygen atoms in total. The van der Waals surface area contributed by atoms with Crippen LogP contribution in [0, 0.1) is 12.7 Å². The third-order valence-electron chi connectivity index (χ3n) is 11.3. The lowest BCUT2D eigenvalue weighted by molar-refractivity contribution is -0.137. The average molecular weight is 810 g/mol. The normalized spacial score (nSPS) is 18.4. The van der Waals surface area contributed by atoms with Crippen molar-refractivity contribution in [2.24, 2.45) is 0 Å². The zero-order valence-electron chi connectivity index (χ0n) is 31.1. The molecule has 2 amide bonds. The summed E-state index contributed by atoms with van der Waals surface area (Å²) >= 11 is 6.15. The summed E-state index contributed by atoms with van der Waals surface area (Å²) in [5, 5.41) is 17.1. The van der Waals surface area contributed by atoms with Crippen LogP contribution in [0.15, 0.2) is 47.5 Å². The maximum absolute atomic E-state index is 15.9. The van der Waals surface area contributed by atoms with Crippen LogP contribution in [0.5, 0.6) is 5.75 Å². The molecule has 19 heteroatoms. The van der Waals surface area contributed by atoms with Gasteiger partial charge in [0.05, 0.1) is 44.9 Å². The number of benzene rings is 2. The Morgan fingerprint density at radius 3 is 2.44 bits per heavy atom. The summed E-state index contributed by atoms with van der Waals surface area (Å²) in [5.41, 5.74) is -1.87. The van der Waals surface area contributed by atoms with Crippen molar-refractivity contribution in [3.05, 3.63) is 97.7 Å². The Morgan fingerprint density at radius 1 is 1.09 bits per heavy atom. The molecule has 2 aromatic carbocycles. The number of aromatic nitrogens is 6. The number of aryl methyl sites for hydroxylation is 1. The zero-order chi connectivity index (χ0) is 40.8. The number of ether oxygens (including phenoxy) is 1.